The zero-order valence-electron chi connectivity index (χ0n) is 29.3. The van der Waals surface area contributed by atoms with Crippen LogP contribution in [0.15, 0.2) is 60.7 Å². The number of epoxide rings is 1. The van der Waals surface area contributed by atoms with Gasteiger partial charge in [0.1, 0.15) is 17.7 Å². The van der Waals surface area contributed by atoms with Gasteiger partial charge in [0, 0.05) is 12.5 Å². The molecule has 5 atom stereocenters. The molecule has 258 valence electrons. The second kappa shape index (κ2) is 18.1. The molecule has 2 aromatic rings. The number of rotatable bonds is 20. The van der Waals surface area contributed by atoms with E-state index in [4.69, 9.17) is 4.74 Å². The average Bonchev–Trinajstić information content (AvgIpc) is 3.78. The summed E-state index contributed by atoms with van der Waals surface area (Å²) in [5, 5.41) is 12.3. The van der Waals surface area contributed by atoms with Crippen molar-refractivity contribution in [1.29, 1.82) is 0 Å². The molecule has 3 rings (SSSR count). The highest BCUT2D eigenvalue weighted by Gasteiger charge is 2.50. The Balaban J connectivity index is 1.79. The first-order valence-electron chi connectivity index (χ1n) is 17.2. The number of ketones is 1. The van der Waals surface area contributed by atoms with Gasteiger partial charge in [-0.2, -0.15) is 0 Å². The van der Waals surface area contributed by atoms with Crippen molar-refractivity contribution in [2.75, 3.05) is 6.61 Å². The first-order chi connectivity index (χ1) is 22.3. The average molecular weight is 649 g/mol. The smallest absolute Gasteiger partial charge is 0.243 e. The number of benzene rings is 2. The topological polar surface area (TPSA) is 129 Å². The highest BCUT2D eigenvalue weighted by molar-refractivity contribution is 5.98. The Labute approximate surface area is 281 Å². The normalized spacial score (nSPS) is 18.3. The van der Waals surface area contributed by atoms with Crippen molar-refractivity contribution in [1.82, 2.24) is 21.3 Å². The second-order valence-electron chi connectivity index (χ2n) is 14.3. The molecule has 4 N–H and O–H groups in total. The van der Waals surface area contributed by atoms with E-state index in [1.807, 2.05) is 88.4 Å². The maximum atomic E-state index is 13.9. The highest BCUT2D eigenvalue weighted by Crippen LogP contribution is 2.29. The zero-order valence-corrected chi connectivity index (χ0v) is 29.3. The van der Waals surface area contributed by atoms with Crippen LogP contribution < -0.4 is 21.3 Å². The van der Waals surface area contributed by atoms with E-state index in [2.05, 4.69) is 35.1 Å². The van der Waals surface area contributed by atoms with Crippen LogP contribution in [0.2, 0.25) is 0 Å². The van der Waals surface area contributed by atoms with Crippen LogP contribution in [0.1, 0.15) is 85.3 Å². The fourth-order valence-electron chi connectivity index (χ4n) is 5.61. The standard InChI is InChI=1S/C38H56N4O5/c1-25(2)18-20-30(34(43)38(7)24-47-38)40-37(46)33(23-29-16-12-9-13-17-29)42-36(45)32(22-26(3)4)41-35(44)31(39-27(5)6)21-19-28-14-10-8-11-15-28/h8-17,25-27,30-33,39H,18-24H2,1-7H3,(H,40,46)(H,41,44)(H,42,45)/t30-,31-,32?,33-,38+/m0/s1. The lowest BCUT2D eigenvalue weighted by molar-refractivity contribution is -0.134. The van der Waals surface area contributed by atoms with Crippen molar-refractivity contribution >= 4 is 23.5 Å². The zero-order chi connectivity index (χ0) is 34.6. The van der Waals surface area contributed by atoms with E-state index in [1.54, 1.807) is 6.92 Å². The molecule has 1 unspecified atom stereocenters. The molecule has 1 saturated heterocycles. The molecule has 0 spiro atoms. The van der Waals surface area contributed by atoms with E-state index in [9.17, 15) is 19.2 Å². The third kappa shape index (κ3) is 12.9. The van der Waals surface area contributed by atoms with Gasteiger partial charge in [-0.1, -0.05) is 102 Å². The van der Waals surface area contributed by atoms with Crippen molar-refractivity contribution in [3.05, 3.63) is 71.8 Å². The Morgan fingerprint density at radius 1 is 0.660 bits per heavy atom. The van der Waals surface area contributed by atoms with E-state index in [0.29, 0.717) is 38.2 Å². The second-order valence-corrected chi connectivity index (χ2v) is 14.3. The summed E-state index contributed by atoms with van der Waals surface area (Å²) in [6.07, 6.45) is 3.13. The van der Waals surface area contributed by atoms with Gasteiger partial charge in [0.15, 0.2) is 5.78 Å². The van der Waals surface area contributed by atoms with Crippen LogP contribution in [0.4, 0.5) is 0 Å². The van der Waals surface area contributed by atoms with Crippen LogP contribution in [0.25, 0.3) is 0 Å². The maximum absolute atomic E-state index is 13.9. The van der Waals surface area contributed by atoms with Crippen LogP contribution in [-0.4, -0.2) is 65.9 Å². The van der Waals surface area contributed by atoms with Crippen molar-refractivity contribution in [3.8, 4) is 0 Å². The number of amides is 3. The molecular weight excluding hydrogens is 592 g/mol. The molecule has 47 heavy (non-hydrogen) atoms. The van der Waals surface area contributed by atoms with Gasteiger partial charge in [-0.15, -0.1) is 0 Å². The van der Waals surface area contributed by atoms with Crippen LogP contribution in [0.5, 0.6) is 0 Å². The predicted octanol–water partition coefficient (Wildman–Crippen LogP) is 4.52. The van der Waals surface area contributed by atoms with Gasteiger partial charge in [0.05, 0.1) is 18.7 Å². The summed E-state index contributed by atoms with van der Waals surface area (Å²) in [7, 11) is 0. The highest BCUT2D eigenvalue weighted by atomic mass is 16.6. The predicted molar refractivity (Wildman–Crippen MR) is 186 cm³/mol. The van der Waals surface area contributed by atoms with Crippen molar-refractivity contribution in [2.45, 2.75) is 123 Å². The summed E-state index contributed by atoms with van der Waals surface area (Å²) >= 11 is 0. The maximum Gasteiger partial charge on any atom is 0.243 e. The molecule has 1 aliphatic heterocycles. The van der Waals surface area contributed by atoms with Crippen LogP contribution >= 0.6 is 0 Å². The monoisotopic (exact) mass is 648 g/mol. The van der Waals surface area contributed by atoms with E-state index >= 15 is 0 Å². The number of carbonyl (C=O) groups excluding carboxylic acids is 4. The number of hydrogen-bond acceptors (Lipinski definition) is 6. The number of aryl methyl sites for hydroxylation is 1. The van der Waals surface area contributed by atoms with Crippen molar-refractivity contribution < 1.29 is 23.9 Å². The minimum absolute atomic E-state index is 0.0625. The third-order valence-electron chi connectivity index (χ3n) is 8.44. The first kappa shape index (κ1) is 37.9. The molecular formula is C38H56N4O5. The Morgan fingerprint density at radius 3 is 1.70 bits per heavy atom. The minimum atomic E-state index is -0.957. The Morgan fingerprint density at radius 2 is 1.17 bits per heavy atom. The van der Waals surface area contributed by atoms with Crippen molar-refractivity contribution in [2.24, 2.45) is 11.8 Å². The van der Waals surface area contributed by atoms with Gasteiger partial charge in [0.25, 0.3) is 0 Å². The van der Waals surface area contributed by atoms with Gasteiger partial charge in [0.2, 0.25) is 17.7 Å². The summed E-state index contributed by atoms with van der Waals surface area (Å²) in [4.78, 5) is 54.8. The van der Waals surface area contributed by atoms with Gasteiger partial charge in [-0.05, 0) is 62.0 Å². The lowest BCUT2D eigenvalue weighted by Crippen LogP contribution is -2.59. The molecule has 0 aliphatic carbocycles. The molecule has 0 saturated carbocycles. The van der Waals surface area contributed by atoms with Crippen molar-refractivity contribution in [3.63, 3.8) is 0 Å². The summed E-state index contributed by atoms with van der Waals surface area (Å²) in [6, 6.07) is 16.5. The van der Waals surface area contributed by atoms with Gasteiger partial charge >= 0.3 is 0 Å². The molecule has 1 aliphatic rings. The fourth-order valence-corrected chi connectivity index (χ4v) is 5.61. The van der Waals surface area contributed by atoms with Crippen LogP contribution in [0.3, 0.4) is 0 Å². The number of ether oxygens (including phenoxy) is 1. The molecule has 0 radical (unpaired) electrons. The van der Waals surface area contributed by atoms with Crippen LogP contribution in [-0.2, 0) is 36.8 Å². The largest absolute Gasteiger partial charge is 0.361 e. The summed E-state index contributed by atoms with van der Waals surface area (Å²) in [5.41, 5.74) is 1.11. The quantitative estimate of drug-likeness (QED) is 0.156. The molecule has 3 amide bonds. The van der Waals surface area contributed by atoms with E-state index in [0.717, 1.165) is 17.5 Å². The lowest BCUT2D eigenvalue weighted by atomic mass is 9.93. The molecule has 2 aromatic carbocycles. The SMILES string of the molecule is CC(C)CC[C@H](NC(=O)[C@H](Cc1ccccc1)NC(=O)C(CC(C)C)NC(=O)[C@H](CCc1ccccc1)NC(C)C)C(=O)[C@@]1(C)CO1. The minimum Gasteiger partial charge on any atom is -0.361 e. The number of hydrogen-bond donors (Lipinski definition) is 4. The third-order valence-corrected chi connectivity index (χ3v) is 8.44. The molecule has 0 bridgehead atoms. The van der Waals surface area contributed by atoms with Gasteiger partial charge in [-0.3, -0.25) is 19.2 Å². The summed E-state index contributed by atoms with van der Waals surface area (Å²) in [5.74, 6) is -0.831. The first-order valence-corrected chi connectivity index (χ1v) is 17.2. The van der Waals surface area contributed by atoms with Gasteiger partial charge in [-0.25, -0.2) is 0 Å². The van der Waals surface area contributed by atoms with E-state index < -0.39 is 41.6 Å². The Bertz CT molecular complexity index is 1290. The Kier molecular flexibility index (Phi) is 14.6. The fraction of sp³-hybridized carbons (Fsp3) is 0.579. The van der Waals surface area contributed by atoms with E-state index in [1.165, 1.54) is 0 Å². The molecule has 1 fully saturated rings. The number of Topliss-reactive ketones (excluding diaryl/α,β-unsaturated/α-hetero) is 1. The molecule has 1 heterocycles. The Hall–Kier alpha value is -3.56. The lowest BCUT2D eigenvalue weighted by Gasteiger charge is -2.28. The number of carbonyl (C=O) groups is 4. The summed E-state index contributed by atoms with van der Waals surface area (Å²) < 4.78 is 5.42. The molecule has 0 aromatic heterocycles. The number of nitrogens with one attached hydrogen (secondary N) is 4. The summed E-state index contributed by atoms with van der Waals surface area (Å²) in [6.45, 7) is 14.2. The molecule has 9 nitrogen and oxygen atoms in total. The van der Waals surface area contributed by atoms with Gasteiger partial charge < -0.3 is 26.0 Å². The molecule has 9 heteroatoms. The van der Waals surface area contributed by atoms with Crippen LogP contribution in [0, 0.1) is 11.8 Å². The van der Waals surface area contributed by atoms with E-state index in [-0.39, 0.29) is 30.1 Å².